The Morgan fingerprint density at radius 1 is 1.50 bits per heavy atom. The third-order valence-corrected chi connectivity index (χ3v) is 1.40. The van der Waals surface area contributed by atoms with E-state index in [-0.39, 0.29) is 33.6 Å². The van der Waals surface area contributed by atoms with Gasteiger partial charge in [-0.15, -0.1) is 0 Å². The maximum atomic E-state index is 11.0. The zero-order valence-electron chi connectivity index (χ0n) is 6.68. The van der Waals surface area contributed by atoms with Crippen LogP contribution in [0.3, 0.4) is 0 Å². The minimum atomic E-state index is -0.631. The summed E-state index contributed by atoms with van der Waals surface area (Å²) in [6, 6.07) is 3.19. The number of hydrogen-bond donors (Lipinski definition) is 1. The van der Waals surface area contributed by atoms with Gasteiger partial charge in [0.15, 0.2) is 0 Å². The monoisotopic (exact) mass is 288 g/mol. The van der Waals surface area contributed by atoms with Crippen molar-refractivity contribution in [3.63, 3.8) is 0 Å². The molecule has 0 heterocycles. The summed E-state index contributed by atoms with van der Waals surface area (Å²) in [4.78, 5) is 9.63. The molecule has 0 aliphatic heterocycles. The molecule has 0 atom stereocenters. The van der Waals surface area contributed by atoms with E-state index in [4.69, 9.17) is 5.21 Å². The smallest absolute Gasteiger partial charge is 0.872 e. The average Bonchev–Trinajstić information content (AvgIpc) is 2.08. The van der Waals surface area contributed by atoms with Crippen molar-refractivity contribution in [2.45, 2.75) is 0 Å². The molecule has 0 radical (unpaired) electrons. The zero-order valence-corrected chi connectivity index (χ0v) is 8.16. The Morgan fingerprint density at radius 3 is 2.64 bits per heavy atom. The molecule has 7 heteroatoms. The van der Waals surface area contributed by atoms with Crippen molar-refractivity contribution < 1.29 is 37.6 Å². The average molecular weight is 289 g/mol. The Balaban J connectivity index is 0.00000169. The molecular formula is C7H5AgN2O4. The molecule has 0 amide bonds. The molecule has 0 fully saturated rings. The molecule has 0 unspecified atom stereocenters. The molecule has 0 saturated heterocycles. The Morgan fingerprint density at radius 2 is 2.14 bits per heavy atom. The summed E-state index contributed by atoms with van der Waals surface area (Å²) in [5, 5.41) is 32.0. The molecule has 0 aromatic heterocycles. The van der Waals surface area contributed by atoms with Crippen LogP contribution in [0.1, 0.15) is 5.56 Å². The SMILES string of the molecule is O=[N+]([O-])c1ccc([O-])c(/C=N\O)c1.[Ag+]. The van der Waals surface area contributed by atoms with E-state index in [9.17, 15) is 15.2 Å². The Kier molecular flexibility index (Phi) is 4.85. The van der Waals surface area contributed by atoms with Crippen molar-refractivity contribution in [3.8, 4) is 5.75 Å². The van der Waals surface area contributed by atoms with E-state index >= 15 is 0 Å². The van der Waals surface area contributed by atoms with Crippen LogP contribution < -0.4 is 5.11 Å². The van der Waals surface area contributed by atoms with Gasteiger partial charge < -0.3 is 10.3 Å². The van der Waals surface area contributed by atoms with Crippen LogP contribution in [0.2, 0.25) is 0 Å². The fraction of sp³-hybridized carbons (Fsp3) is 0. The van der Waals surface area contributed by atoms with Crippen molar-refractivity contribution in [3.05, 3.63) is 33.9 Å². The number of rotatable bonds is 2. The third kappa shape index (κ3) is 2.84. The molecular weight excluding hydrogens is 284 g/mol. The van der Waals surface area contributed by atoms with Gasteiger partial charge in [-0.05, 0) is 5.56 Å². The van der Waals surface area contributed by atoms with Crippen LogP contribution in [-0.4, -0.2) is 16.3 Å². The molecule has 1 aromatic rings. The fourth-order valence-electron chi connectivity index (χ4n) is 0.813. The number of benzene rings is 1. The normalized spacial score (nSPS) is 9.71. The third-order valence-electron chi connectivity index (χ3n) is 1.40. The van der Waals surface area contributed by atoms with Crippen LogP contribution in [0, 0.1) is 10.1 Å². The Bertz CT molecular complexity index is 367. The minimum absolute atomic E-state index is 0. The van der Waals surface area contributed by atoms with Crippen LogP contribution in [0.15, 0.2) is 23.4 Å². The van der Waals surface area contributed by atoms with E-state index in [1.807, 2.05) is 0 Å². The second-order valence-corrected chi connectivity index (χ2v) is 2.22. The Hall–Kier alpha value is -1.37. The maximum absolute atomic E-state index is 11.0. The van der Waals surface area contributed by atoms with E-state index < -0.39 is 10.7 Å². The summed E-state index contributed by atoms with van der Waals surface area (Å²) in [6.45, 7) is 0. The maximum Gasteiger partial charge on any atom is 1.00 e. The number of hydrogen-bond acceptors (Lipinski definition) is 5. The Labute approximate surface area is 94.5 Å². The summed E-state index contributed by atoms with van der Waals surface area (Å²) in [6.07, 6.45) is 0.856. The summed E-state index contributed by atoms with van der Waals surface area (Å²) in [5.74, 6) is -0.427. The molecule has 0 aliphatic rings. The van der Waals surface area contributed by atoms with E-state index in [1.165, 1.54) is 0 Å². The van der Waals surface area contributed by atoms with E-state index in [2.05, 4.69) is 5.16 Å². The second-order valence-electron chi connectivity index (χ2n) is 2.22. The summed E-state index contributed by atoms with van der Waals surface area (Å²) in [5.41, 5.74) is -0.230. The van der Waals surface area contributed by atoms with Crippen LogP contribution in [0.4, 0.5) is 5.69 Å². The number of nitrogens with zero attached hydrogens (tertiary/aromatic N) is 2. The van der Waals surface area contributed by atoms with Gasteiger partial charge in [-0.3, -0.25) is 10.1 Å². The molecule has 1 rings (SSSR count). The molecule has 14 heavy (non-hydrogen) atoms. The first-order valence-corrected chi connectivity index (χ1v) is 3.28. The van der Waals surface area contributed by atoms with Gasteiger partial charge in [0.2, 0.25) is 0 Å². The van der Waals surface area contributed by atoms with Gasteiger partial charge in [0.1, 0.15) is 0 Å². The van der Waals surface area contributed by atoms with Gasteiger partial charge in [-0.2, -0.15) is 0 Å². The van der Waals surface area contributed by atoms with Crippen LogP contribution >= 0.6 is 0 Å². The number of oxime groups is 1. The predicted octanol–water partition coefficient (Wildman–Crippen LogP) is 0.474. The predicted molar refractivity (Wildman–Crippen MR) is 41.9 cm³/mol. The molecule has 1 aromatic carbocycles. The fourth-order valence-corrected chi connectivity index (χ4v) is 0.813. The standard InChI is InChI=1S/C7H6N2O4.Ag/c10-7-2-1-6(9(12)13)3-5(7)4-8-11;/h1-4,10-11H;/q;+1/p-1/b8-4-;. The van der Waals surface area contributed by atoms with E-state index in [1.54, 1.807) is 0 Å². The molecule has 1 N–H and O–H groups in total. The van der Waals surface area contributed by atoms with Gasteiger partial charge >= 0.3 is 22.4 Å². The molecule has 0 aliphatic carbocycles. The van der Waals surface area contributed by atoms with E-state index in [0.29, 0.717) is 0 Å². The van der Waals surface area contributed by atoms with Gasteiger partial charge in [0, 0.05) is 12.1 Å². The van der Waals surface area contributed by atoms with Gasteiger partial charge in [-0.25, -0.2) is 0 Å². The second kappa shape index (κ2) is 5.38. The van der Waals surface area contributed by atoms with Crippen molar-refractivity contribution in [2.75, 3.05) is 0 Å². The van der Waals surface area contributed by atoms with Gasteiger partial charge in [0.25, 0.3) is 5.69 Å². The van der Waals surface area contributed by atoms with Crippen molar-refractivity contribution in [1.82, 2.24) is 0 Å². The molecule has 0 spiro atoms. The molecule has 6 nitrogen and oxygen atoms in total. The van der Waals surface area contributed by atoms with Gasteiger partial charge in [-0.1, -0.05) is 17.0 Å². The largest absolute Gasteiger partial charge is 1.00 e. The summed E-state index contributed by atoms with van der Waals surface area (Å²) >= 11 is 0. The first kappa shape index (κ1) is 12.6. The van der Waals surface area contributed by atoms with Crippen molar-refractivity contribution >= 4 is 11.9 Å². The molecule has 78 valence electrons. The van der Waals surface area contributed by atoms with Crippen LogP contribution in [-0.2, 0) is 22.4 Å². The number of nitro benzene ring substituents is 1. The van der Waals surface area contributed by atoms with Gasteiger partial charge in [0.05, 0.1) is 11.1 Å². The number of non-ortho nitro benzene ring substituents is 1. The van der Waals surface area contributed by atoms with Crippen LogP contribution in [0.5, 0.6) is 5.75 Å². The first-order chi connectivity index (χ1) is 6.15. The van der Waals surface area contributed by atoms with E-state index in [0.717, 1.165) is 24.4 Å². The topological polar surface area (TPSA) is 98.8 Å². The first-order valence-electron chi connectivity index (χ1n) is 3.28. The number of nitro groups is 1. The van der Waals surface area contributed by atoms with Crippen molar-refractivity contribution in [1.29, 1.82) is 0 Å². The molecule has 0 saturated carbocycles. The van der Waals surface area contributed by atoms with Crippen molar-refractivity contribution in [2.24, 2.45) is 5.16 Å². The summed E-state index contributed by atoms with van der Waals surface area (Å²) in [7, 11) is 0. The minimum Gasteiger partial charge on any atom is -0.872 e. The summed E-state index contributed by atoms with van der Waals surface area (Å²) < 4.78 is 0. The molecule has 0 bridgehead atoms. The quantitative estimate of drug-likeness (QED) is 0.281. The van der Waals surface area contributed by atoms with Crippen LogP contribution in [0.25, 0.3) is 0 Å². The zero-order chi connectivity index (χ0) is 9.84.